The van der Waals surface area contributed by atoms with Crippen LogP contribution in [-0.4, -0.2) is 50.4 Å². The number of allylic oxidation sites excluding steroid dienone is 1. The molecule has 1 aliphatic heterocycles. The van der Waals surface area contributed by atoms with E-state index in [0.29, 0.717) is 12.2 Å². The number of rotatable bonds is 8. The summed E-state index contributed by atoms with van der Waals surface area (Å²) in [4.78, 5) is 29.8. The molecule has 0 radical (unpaired) electrons. The van der Waals surface area contributed by atoms with E-state index in [9.17, 15) is 14.0 Å². The Morgan fingerprint density at radius 2 is 1.70 bits per heavy atom. The van der Waals surface area contributed by atoms with Gasteiger partial charge >= 0.3 is 0 Å². The van der Waals surface area contributed by atoms with E-state index in [1.54, 1.807) is 12.1 Å². The van der Waals surface area contributed by atoms with Crippen molar-refractivity contribution in [2.45, 2.75) is 32.2 Å². The van der Waals surface area contributed by atoms with Crippen LogP contribution in [0.15, 0.2) is 84.4 Å². The Morgan fingerprint density at radius 3 is 2.48 bits per heavy atom. The molecular formula is C33H37FN4O2. The zero-order valence-corrected chi connectivity index (χ0v) is 23.3. The lowest BCUT2D eigenvalue weighted by Gasteiger charge is -2.27. The smallest absolute Gasteiger partial charge is 0.258 e. The zero-order valence-electron chi connectivity index (χ0n) is 23.3. The standard InChI is InChI=1S/C33H37FN4O2/c1-37(2)20-18-35-31(39)26-15-16-33(22-26)17-19-38(30-10-6-3-7-25(30)21-33)23-24-11-13-27(14-12-24)36-32(40)28-8-4-5-9-29(28)34/h3-14,22H,15-21,23H2,1-2H3,(H,35,39)(H,36,40)/t33-/m0/s1. The average Bonchev–Trinajstić information content (AvgIpc) is 3.29. The van der Waals surface area contributed by atoms with Gasteiger partial charge in [-0.05, 0) is 86.7 Å². The van der Waals surface area contributed by atoms with Gasteiger partial charge in [0.05, 0.1) is 5.56 Å². The summed E-state index contributed by atoms with van der Waals surface area (Å²) >= 11 is 0. The molecule has 0 unspecified atom stereocenters. The Bertz CT molecular complexity index is 1400. The van der Waals surface area contributed by atoms with Gasteiger partial charge in [0.25, 0.3) is 5.91 Å². The number of nitrogens with zero attached hydrogens (tertiary/aromatic N) is 2. The maximum absolute atomic E-state index is 14.0. The van der Waals surface area contributed by atoms with E-state index in [4.69, 9.17) is 0 Å². The number of anilines is 2. The van der Waals surface area contributed by atoms with Crippen LogP contribution in [0.2, 0.25) is 0 Å². The van der Waals surface area contributed by atoms with E-state index >= 15 is 0 Å². The average molecular weight is 541 g/mol. The number of hydrogen-bond donors (Lipinski definition) is 2. The van der Waals surface area contributed by atoms with Gasteiger partial charge in [-0.25, -0.2) is 4.39 Å². The van der Waals surface area contributed by atoms with Crippen LogP contribution in [0.25, 0.3) is 0 Å². The molecule has 40 heavy (non-hydrogen) atoms. The van der Waals surface area contributed by atoms with Gasteiger partial charge in [0.1, 0.15) is 5.82 Å². The molecule has 1 atom stereocenters. The van der Waals surface area contributed by atoms with Crippen LogP contribution in [0.1, 0.15) is 40.7 Å². The molecule has 2 aliphatic rings. The van der Waals surface area contributed by atoms with E-state index in [2.05, 4.69) is 50.8 Å². The van der Waals surface area contributed by atoms with Crippen LogP contribution in [0.4, 0.5) is 15.8 Å². The number of likely N-dealkylation sites (N-methyl/N-ethyl adjacent to an activating group) is 1. The Labute approximate surface area is 235 Å². The number of fused-ring (bicyclic) bond motifs is 1. The van der Waals surface area contributed by atoms with Crippen molar-refractivity contribution < 1.29 is 14.0 Å². The number of carbonyl (C=O) groups excluding carboxylic acids is 2. The molecular weight excluding hydrogens is 503 g/mol. The van der Waals surface area contributed by atoms with Crippen LogP contribution < -0.4 is 15.5 Å². The number of para-hydroxylation sites is 1. The normalized spacial score (nSPS) is 18.3. The first-order valence-electron chi connectivity index (χ1n) is 13.9. The van der Waals surface area contributed by atoms with E-state index < -0.39 is 11.7 Å². The first-order valence-corrected chi connectivity index (χ1v) is 13.9. The number of nitrogens with one attached hydrogen (secondary N) is 2. The SMILES string of the molecule is CN(C)CCNC(=O)C1=C[C@@]2(CC1)CCN(Cc1ccc(NC(=O)c3ccccc3F)cc1)c1ccccc1C2. The number of hydrogen-bond acceptors (Lipinski definition) is 4. The molecule has 0 saturated heterocycles. The highest BCUT2D eigenvalue weighted by atomic mass is 19.1. The lowest BCUT2D eigenvalue weighted by atomic mass is 9.79. The highest BCUT2D eigenvalue weighted by Crippen LogP contribution is 2.46. The Balaban J connectivity index is 1.27. The van der Waals surface area contributed by atoms with Gasteiger partial charge in [0.2, 0.25) is 5.91 Å². The summed E-state index contributed by atoms with van der Waals surface area (Å²) in [5, 5.41) is 5.86. The van der Waals surface area contributed by atoms with Crippen molar-refractivity contribution in [2.24, 2.45) is 5.41 Å². The molecule has 2 N–H and O–H groups in total. The minimum Gasteiger partial charge on any atom is -0.367 e. The molecule has 1 spiro atoms. The van der Waals surface area contributed by atoms with Crippen LogP contribution in [-0.2, 0) is 17.8 Å². The summed E-state index contributed by atoms with van der Waals surface area (Å²) < 4.78 is 14.0. The van der Waals surface area contributed by atoms with Gasteiger partial charge in [0, 0.05) is 43.1 Å². The number of amides is 2. The minimum atomic E-state index is -0.539. The first kappa shape index (κ1) is 27.6. The quantitative estimate of drug-likeness (QED) is 0.401. The molecule has 208 valence electrons. The maximum Gasteiger partial charge on any atom is 0.258 e. The van der Waals surface area contributed by atoms with Gasteiger partial charge in [-0.2, -0.15) is 0 Å². The molecule has 1 heterocycles. The van der Waals surface area contributed by atoms with Gasteiger partial charge < -0.3 is 20.4 Å². The third-order valence-electron chi connectivity index (χ3n) is 7.97. The van der Waals surface area contributed by atoms with Gasteiger partial charge in [-0.3, -0.25) is 9.59 Å². The molecule has 0 aromatic heterocycles. The highest BCUT2D eigenvalue weighted by molar-refractivity contribution is 6.04. The summed E-state index contributed by atoms with van der Waals surface area (Å²) in [5.74, 6) is -0.938. The number of benzene rings is 3. The summed E-state index contributed by atoms with van der Waals surface area (Å²) in [6.45, 7) is 3.09. The molecule has 5 rings (SSSR count). The summed E-state index contributed by atoms with van der Waals surface area (Å²) in [6, 6.07) is 22.3. The van der Waals surface area contributed by atoms with Crippen molar-refractivity contribution in [3.05, 3.63) is 107 Å². The lowest BCUT2D eigenvalue weighted by Crippen LogP contribution is -2.32. The predicted octanol–water partition coefficient (Wildman–Crippen LogP) is 5.42. The molecule has 1 aliphatic carbocycles. The monoisotopic (exact) mass is 540 g/mol. The fourth-order valence-electron chi connectivity index (χ4n) is 5.76. The molecule has 7 heteroatoms. The second-order valence-corrected chi connectivity index (χ2v) is 11.2. The molecule has 3 aromatic carbocycles. The third-order valence-corrected chi connectivity index (χ3v) is 7.97. The molecule has 0 bridgehead atoms. The zero-order chi connectivity index (χ0) is 28.1. The summed E-state index contributed by atoms with van der Waals surface area (Å²) in [7, 11) is 4.01. The molecule has 0 saturated carbocycles. The van der Waals surface area contributed by atoms with Crippen LogP contribution >= 0.6 is 0 Å². The van der Waals surface area contributed by atoms with Crippen molar-refractivity contribution in [3.8, 4) is 0 Å². The fraction of sp³-hybridized carbons (Fsp3) is 0.333. The van der Waals surface area contributed by atoms with Gasteiger partial charge in [-0.15, -0.1) is 0 Å². The second kappa shape index (κ2) is 12.0. The van der Waals surface area contributed by atoms with Crippen molar-refractivity contribution in [3.63, 3.8) is 0 Å². The van der Waals surface area contributed by atoms with E-state index in [1.807, 2.05) is 38.4 Å². The molecule has 6 nitrogen and oxygen atoms in total. The predicted molar refractivity (Wildman–Crippen MR) is 158 cm³/mol. The van der Waals surface area contributed by atoms with Crippen molar-refractivity contribution in [1.82, 2.24) is 10.2 Å². The fourth-order valence-corrected chi connectivity index (χ4v) is 5.76. The van der Waals surface area contributed by atoms with E-state index in [0.717, 1.165) is 56.5 Å². The van der Waals surface area contributed by atoms with Crippen LogP contribution in [0, 0.1) is 11.2 Å². The molecule has 2 amide bonds. The number of halogens is 1. The summed E-state index contributed by atoms with van der Waals surface area (Å²) in [6.07, 6.45) is 5.96. The second-order valence-electron chi connectivity index (χ2n) is 11.2. The van der Waals surface area contributed by atoms with Crippen LogP contribution in [0.3, 0.4) is 0 Å². The van der Waals surface area contributed by atoms with Crippen molar-refractivity contribution >= 4 is 23.2 Å². The minimum absolute atomic E-state index is 0.0140. The number of carbonyl (C=O) groups is 2. The van der Waals surface area contributed by atoms with E-state index in [1.165, 1.54) is 23.4 Å². The highest BCUT2D eigenvalue weighted by Gasteiger charge is 2.38. The molecule has 3 aromatic rings. The third kappa shape index (κ3) is 6.42. The van der Waals surface area contributed by atoms with Crippen molar-refractivity contribution in [2.75, 3.05) is 43.9 Å². The van der Waals surface area contributed by atoms with E-state index in [-0.39, 0.29) is 16.9 Å². The lowest BCUT2D eigenvalue weighted by molar-refractivity contribution is -0.117. The Hall–Kier alpha value is -3.97. The van der Waals surface area contributed by atoms with Gasteiger partial charge in [-0.1, -0.05) is 48.5 Å². The molecule has 0 fully saturated rings. The van der Waals surface area contributed by atoms with Gasteiger partial charge in [0.15, 0.2) is 0 Å². The Kier molecular flexibility index (Phi) is 8.31. The topological polar surface area (TPSA) is 64.7 Å². The maximum atomic E-state index is 14.0. The Morgan fingerprint density at radius 1 is 0.950 bits per heavy atom. The first-order chi connectivity index (χ1) is 19.3. The summed E-state index contributed by atoms with van der Waals surface area (Å²) in [5.41, 5.74) is 5.21. The van der Waals surface area contributed by atoms with Crippen molar-refractivity contribution in [1.29, 1.82) is 0 Å². The largest absolute Gasteiger partial charge is 0.367 e. The van der Waals surface area contributed by atoms with Crippen LogP contribution in [0.5, 0.6) is 0 Å².